The Morgan fingerprint density at radius 2 is 2.18 bits per heavy atom. The van der Waals surface area contributed by atoms with E-state index in [4.69, 9.17) is 12.2 Å². The molecule has 0 radical (unpaired) electrons. The molecule has 0 saturated carbocycles. The first-order chi connectivity index (χ1) is 8.00. The van der Waals surface area contributed by atoms with Gasteiger partial charge < -0.3 is 0 Å². The predicted molar refractivity (Wildman–Crippen MR) is 83.6 cm³/mol. The summed E-state index contributed by atoms with van der Waals surface area (Å²) in [5.41, 5.74) is 1.05. The van der Waals surface area contributed by atoms with E-state index in [1.165, 1.54) is 3.57 Å². The first kappa shape index (κ1) is 13.2. The summed E-state index contributed by atoms with van der Waals surface area (Å²) in [5, 5.41) is 7.18. The molecule has 1 N–H and O–H groups in total. The molecule has 0 atom stereocenters. The third-order valence-corrected chi connectivity index (χ3v) is 4.04. The highest BCUT2D eigenvalue weighted by Gasteiger charge is 2.14. The predicted octanol–water partition coefficient (Wildman–Crippen LogP) is 4.56. The Morgan fingerprint density at radius 1 is 1.47 bits per heavy atom. The van der Waals surface area contributed by atoms with Gasteiger partial charge in [-0.3, -0.25) is 9.67 Å². The molecule has 0 aliphatic carbocycles. The summed E-state index contributed by atoms with van der Waals surface area (Å²) in [6.07, 6.45) is 0. The summed E-state index contributed by atoms with van der Waals surface area (Å²) >= 11 is 11.1. The highest BCUT2D eigenvalue weighted by Crippen LogP contribution is 2.29. The average molecular weight is 424 g/mol. The molecule has 0 amide bonds. The Labute approximate surface area is 127 Å². The van der Waals surface area contributed by atoms with Crippen LogP contribution in [0.5, 0.6) is 0 Å². The zero-order valence-electron chi connectivity index (χ0n) is 9.37. The molecule has 2 rings (SSSR count). The van der Waals surface area contributed by atoms with Gasteiger partial charge in [-0.15, -0.1) is 0 Å². The summed E-state index contributed by atoms with van der Waals surface area (Å²) in [5.74, 6) is 0.871. The van der Waals surface area contributed by atoms with Crippen molar-refractivity contribution >= 4 is 50.7 Å². The van der Waals surface area contributed by atoms with Gasteiger partial charge in [-0.05, 0) is 66.9 Å². The van der Waals surface area contributed by atoms with Crippen LogP contribution in [0.3, 0.4) is 0 Å². The van der Waals surface area contributed by atoms with Gasteiger partial charge >= 0.3 is 0 Å². The number of hydrogen-bond acceptors (Lipinski definition) is 2. The summed E-state index contributed by atoms with van der Waals surface area (Å²) < 4.78 is 4.87. The van der Waals surface area contributed by atoms with E-state index in [0.29, 0.717) is 4.77 Å². The smallest absolute Gasteiger partial charge is 0.195 e. The van der Waals surface area contributed by atoms with Gasteiger partial charge in [0.05, 0.1) is 0 Å². The van der Waals surface area contributed by atoms with Gasteiger partial charge in [-0.25, -0.2) is 0 Å². The van der Waals surface area contributed by atoms with Crippen LogP contribution in [0.15, 0.2) is 22.7 Å². The molecule has 17 heavy (non-hydrogen) atoms. The van der Waals surface area contributed by atoms with Crippen molar-refractivity contribution in [1.82, 2.24) is 14.8 Å². The molecule has 0 spiro atoms. The molecule has 0 unspecified atom stereocenters. The van der Waals surface area contributed by atoms with Gasteiger partial charge in [-0.2, -0.15) is 5.10 Å². The van der Waals surface area contributed by atoms with E-state index in [1.807, 2.05) is 10.6 Å². The van der Waals surface area contributed by atoms with Crippen molar-refractivity contribution in [3.63, 3.8) is 0 Å². The highest BCUT2D eigenvalue weighted by molar-refractivity contribution is 14.1. The van der Waals surface area contributed by atoms with Gasteiger partial charge in [0.2, 0.25) is 0 Å². The van der Waals surface area contributed by atoms with E-state index in [9.17, 15) is 0 Å². The molecule has 90 valence electrons. The third-order valence-electron chi connectivity index (χ3n) is 2.39. The highest BCUT2D eigenvalue weighted by atomic mass is 127. The standard InChI is InChI=1S/C11H11BrIN3S/c1-6(2)16-10(14-15-11(16)17)8-5-7(13)3-4-9(8)12/h3-6H,1-2H3,(H,15,17). The van der Waals surface area contributed by atoms with E-state index < -0.39 is 0 Å². The fraction of sp³-hybridized carbons (Fsp3) is 0.273. The minimum Gasteiger partial charge on any atom is -0.298 e. The van der Waals surface area contributed by atoms with Crippen molar-refractivity contribution in [3.8, 4) is 11.4 Å². The van der Waals surface area contributed by atoms with Gasteiger partial charge in [0.15, 0.2) is 10.6 Å². The van der Waals surface area contributed by atoms with Crippen LogP contribution in [-0.2, 0) is 0 Å². The molecule has 0 aliphatic heterocycles. The van der Waals surface area contributed by atoms with Gasteiger partial charge in [0.1, 0.15) is 0 Å². The maximum atomic E-state index is 5.25. The van der Waals surface area contributed by atoms with Crippen LogP contribution >= 0.6 is 50.7 Å². The SMILES string of the molecule is CC(C)n1c(-c2cc(I)ccc2Br)n[nH]c1=S. The summed E-state index contributed by atoms with van der Waals surface area (Å²) in [6, 6.07) is 6.45. The molecule has 0 fully saturated rings. The minimum atomic E-state index is 0.279. The molecule has 6 heteroatoms. The number of nitrogens with one attached hydrogen (secondary N) is 1. The average Bonchev–Trinajstić information content (AvgIpc) is 2.64. The molecule has 3 nitrogen and oxygen atoms in total. The van der Waals surface area contributed by atoms with Crippen LogP contribution in [0.1, 0.15) is 19.9 Å². The molecule has 1 heterocycles. The quantitative estimate of drug-likeness (QED) is 0.567. The van der Waals surface area contributed by atoms with E-state index in [2.05, 4.69) is 74.7 Å². The normalized spacial score (nSPS) is 11.1. The van der Waals surface area contributed by atoms with Crippen LogP contribution in [0, 0.1) is 8.34 Å². The molecule has 0 bridgehead atoms. The number of benzene rings is 1. The largest absolute Gasteiger partial charge is 0.298 e. The van der Waals surface area contributed by atoms with E-state index in [1.54, 1.807) is 0 Å². The van der Waals surface area contributed by atoms with Crippen LogP contribution in [0.25, 0.3) is 11.4 Å². The first-order valence-corrected chi connectivity index (χ1v) is 7.41. The van der Waals surface area contributed by atoms with E-state index in [-0.39, 0.29) is 6.04 Å². The maximum absolute atomic E-state index is 5.25. The number of aromatic amines is 1. The van der Waals surface area contributed by atoms with Gasteiger partial charge in [0.25, 0.3) is 0 Å². The van der Waals surface area contributed by atoms with E-state index >= 15 is 0 Å². The lowest BCUT2D eigenvalue weighted by atomic mass is 10.2. The number of aromatic nitrogens is 3. The molecular formula is C11H11BrIN3S. The van der Waals surface area contributed by atoms with Crippen LogP contribution in [0.2, 0.25) is 0 Å². The summed E-state index contributed by atoms with van der Waals surface area (Å²) in [4.78, 5) is 0. The van der Waals surface area contributed by atoms with Crippen molar-refractivity contribution in [2.24, 2.45) is 0 Å². The molecule has 1 aromatic carbocycles. The number of rotatable bonds is 2. The first-order valence-electron chi connectivity index (χ1n) is 5.13. The summed E-state index contributed by atoms with van der Waals surface area (Å²) in [7, 11) is 0. The second kappa shape index (κ2) is 5.19. The Hall–Kier alpha value is -0.210. The van der Waals surface area contributed by atoms with Crippen molar-refractivity contribution in [2.75, 3.05) is 0 Å². The molecule has 1 aromatic heterocycles. The number of nitrogens with zero attached hydrogens (tertiary/aromatic N) is 2. The van der Waals surface area contributed by atoms with Crippen molar-refractivity contribution in [2.45, 2.75) is 19.9 Å². The molecule has 0 saturated heterocycles. The lowest BCUT2D eigenvalue weighted by Crippen LogP contribution is -2.03. The number of hydrogen-bond donors (Lipinski definition) is 1. The zero-order chi connectivity index (χ0) is 12.6. The van der Waals surface area contributed by atoms with Gasteiger partial charge in [0, 0.05) is 19.6 Å². The second-order valence-corrected chi connectivity index (χ2v) is 6.43. The Morgan fingerprint density at radius 3 is 2.82 bits per heavy atom. The molecule has 2 aromatic rings. The van der Waals surface area contributed by atoms with Crippen molar-refractivity contribution < 1.29 is 0 Å². The monoisotopic (exact) mass is 423 g/mol. The summed E-state index contributed by atoms with van der Waals surface area (Å²) in [6.45, 7) is 4.19. The lowest BCUT2D eigenvalue weighted by molar-refractivity contribution is 0.597. The van der Waals surface area contributed by atoms with E-state index in [0.717, 1.165) is 15.9 Å². The lowest BCUT2D eigenvalue weighted by Gasteiger charge is -2.11. The third kappa shape index (κ3) is 2.63. The zero-order valence-corrected chi connectivity index (χ0v) is 13.9. The topological polar surface area (TPSA) is 33.6 Å². The fourth-order valence-corrected chi connectivity index (χ4v) is 2.90. The van der Waals surface area contributed by atoms with Gasteiger partial charge in [-0.1, -0.05) is 15.9 Å². The van der Waals surface area contributed by atoms with Crippen molar-refractivity contribution in [1.29, 1.82) is 0 Å². The van der Waals surface area contributed by atoms with Crippen LogP contribution in [-0.4, -0.2) is 14.8 Å². The second-order valence-electron chi connectivity index (χ2n) is 3.94. The Kier molecular flexibility index (Phi) is 4.04. The Balaban J connectivity index is 2.69. The Bertz CT molecular complexity index is 603. The number of H-pyrrole nitrogens is 1. The number of halogens is 2. The molecule has 0 aliphatic rings. The maximum Gasteiger partial charge on any atom is 0.195 e. The van der Waals surface area contributed by atoms with Crippen LogP contribution < -0.4 is 0 Å². The minimum absolute atomic E-state index is 0.279. The molecular weight excluding hydrogens is 413 g/mol. The fourth-order valence-electron chi connectivity index (χ4n) is 1.64. The van der Waals surface area contributed by atoms with Crippen LogP contribution in [0.4, 0.5) is 0 Å². The van der Waals surface area contributed by atoms with Crippen molar-refractivity contribution in [3.05, 3.63) is 31.0 Å².